The van der Waals surface area contributed by atoms with Gasteiger partial charge in [0.15, 0.2) is 0 Å². The van der Waals surface area contributed by atoms with Crippen LogP contribution in [0.25, 0.3) is 93.6 Å². The van der Waals surface area contributed by atoms with Crippen molar-refractivity contribution in [3.63, 3.8) is 0 Å². The van der Waals surface area contributed by atoms with Crippen LogP contribution in [0.2, 0.25) is 0 Å². The minimum atomic E-state index is -3.82. The lowest BCUT2D eigenvalue weighted by molar-refractivity contribution is 0.596. The van der Waals surface area contributed by atoms with E-state index in [1.54, 1.807) is 24.3 Å². The van der Waals surface area contributed by atoms with Gasteiger partial charge >= 0.3 is 0 Å². The molecule has 0 atom stereocenters. The monoisotopic (exact) mass is 839 g/mol. The molecule has 0 spiro atoms. The number of sulfone groups is 1. The third kappa shape index (κ3) is 5.47. The number of rotatable bonds is 6. The summed E-state index contributed by atoms with van der Waals surface area (Å²) in [5, 5.41) is 27.1. The van der Waals surface area contributed by atoms with Gasteiger partial charge in [-0.2, -0.15) is 10.5 Å². The Morgan fingerprint density at radius 3 is 1.11 bits per heavy atom. The Bertz CT molecular complexity index is 4000. The molecule has 0 bridgehead atoms. The molecule has 0 saturated carbocycles. The van der Waals surface area contributed by atoms with E-state index in [2.05, 4.69) is 98.6 Å². The Morgan fingerprint density at radius 1 is 0.344 bits per heavy atom. The lowest BCUT2D eigenvalue weighted by atomic mass is 10.0. The number of fused-ring (bicyclic) bond motifs is 9. The molecule has 0 aliphatic heterocycles. The third-order valence-electron chi connectivity index (χ3n) is 12.6. The summed E-state index contributed by atoms with van der Waals surface area (Å²) in [6.07, 6.45) is 0. The van der Waals surface area contributed by atoms with Crippen molar-refractivity contribution in [2.45, 2.75) is 9.79 Å². The molecule has 0 N–H and O–H groups in total. The Balaban J connectivity index is 0.946. The van der Waals surface area contributed by atoms with Crippen LogP contribution in [-0.4, -0.2) is 22.1 Å². The Kier molecular flexibility index (Phi) is 8.22. The first-order valence-electron chi connectivity index (χ1n) is 20.9. The van der Waals surface area contributed by atoms with Crippen molar-refractivity contribution in [1.82, 2.24) is 13.7 Å². The van der Waals surface area contributed by atoms with E-state index in [4.69, 9.17) is 0 Å². The van der Waals surface area contributed by atoms with Gasteiger partial charge in [-0.25, -0.2) is 8.42 Å². The van der Waals surface area contributed by atoms with Crippen LogP contribution in [0, 0.1) is 22.7 Å². The molecule has 0 amide bonds. The van der Waals surface area contributed by atoms with Crippen LogP contribution < -0.4 is 0 Å². The minimum absolute atomic E-state index is 0.213. The number of hydrogen-bond acceptors (Lipinski definition) is 4. The van der Waals surface area contributed by atoms with Gasteiger partial charge in [0.25, 0.3) is 0 Å². The van der Waals surface area contributed by atoms with Crippen molar-refractivity contribution in [2.75, 3.05) is 0 Å². The highest BCUT2D eigenvalue weighted by Crippen LogP contribution is 2.41. The van der Waals surface area contributed by atoms with Crippen molar-refractivity contribution in [3.05, 3.63) is 211 Å². The van der Waals surface area contributed by atoms with E-state index in [1.807, 2.05) is 103 Å². The number of benzene rings is 9. The lowest BCUT2D eigenvalue weighted by Crippen LogP contribution is -2.05. The molecular formula is C56H33N5O2S. The van der Waals surface area contributed by atoms with Crippen LogP contribution in [0.15, 0.2) is 210 Å². The number of para-hydroxylation sites is 5. The Morgan fingerprint density at radius 2 is 0.688 bits per heavy atom. The second-order valence-corrected chi connectivity index (χ2v) is 17.9. The summed E-state index contributed by atoms with van der Waals surface area (Å²) >= 11 is 0. The number of aromatic nitrogens is 3. The fraction of sp³-hybridized carbons (Fsp3) is 0. The summed E-state index contributed by atoms with van der Waals surface area (Å²) in [6, 6.07) is 69.8. The molecule has 64 heavy (non-hydrogen) atoms. The van der Waals surface area contributed by atoms with Crippen LogP contribution in [-0.2, 0) is 9.84 Å². The molecule has 3 aromatic heterocycles. The zero-order valence-electron chi connectivity index (χ0n) is 34.0. The summed E-state index contributed by atoms with van der Waals surface area (Å²) in [7, 11) is -3.82. The fourth-order valence-corrected chi connectivity index (χ4v) is 10.9. The second kappa shape index (κ2) is 14.2. The van der Waals surface area contributed by atoms with E-state index >= 15 is 0 Å². The Labute approximate surface area is 367 Å². The van der Waals surface area contributed by atoms with Crippen LogP contribution in [0.5, 0.6) is 0 Å². The molecule has 7 nitrogen and oxygen atoms in total. The average molecular weight is 840 g/mol. The quantitative estimate of drug-likeness (QED) is 0.167. The molecule has 0 unspecified atom stereocenters. The van der Waals surface area contributed by atoms with Gasteiger partial charge in [-0.05, 0) is 102 Å². The Hall–Kier alpha value is -8.69. The molecule has 3 heterocycles. The standard InChI is InChI=1S/C56H33N5O2S/c57-34-38-32-55(60-51-18-8-3-13-45(51)46-14-4-9-19-52(46)60)56(33-39(38)35-58)61-53-20-10-5-15-47(53)48-31-37(23-30-54(48)61)36-21-26-41(27-22-36)64(62,63)42-28-24-40(25-29-42)59-49-16-6-1-11-43(49)44-12-2-7-17-50(44)59/h1-33H. The van der Waals surface area contributed by atoms with Crippen molar-refractivity contribution < 1.29 is 8.42 Å². The topological polar surface area (TPSA) is 96.5 Å². The fourth-order valence-electron chi connectivity index (χ4n) is 9.65. The van der Waals surface area contributed by atoms with Crippen molar-refractivity contribution in [2.24, 2.45) is 0 Å². The molecular weight excluding hydrogens is 807 g/mol. The van der Waals surface area contributed by atoms with Gasteiger partial charge in [0.1, 0.15) is 12.1 Å². The van der Waals surface area contributed by atoms with Gasteiger partial charge in [-0.1, -0.05) is 109 Å². The van der Waals surface area contributed by atoms with E-state index < -0.39 is 9.84 Å². The maximum Gasteiger partial charge on any atom is 0.206 e. The van der Waals surface area contributed by atoms with Crippen LogP contribution in [0.3, 0.4) is 0 Å². The summed E-state index contributed by atoms with van der Waals surface area (Å²) < 4.78 is 34.6. The molecule has 12 rings (SSSR count). The highest BCUT2D eigenvalue weighted by Gasteiger charge is 2.23. The van der Waals surface area contributed by atoms with Crippen LogP contribution in [0.1, 0.15) is 11.1 Å². The summed E-state index contributed by atoms with van der Waals surface area (Å²) in [5.41, 5.74) is 10.8. The molecule has 300 valence electrons. The van der Waals surface area contributed by atoms with E-state index in [-0.39, 0.29) is 9.79 Å². The first-order chi connectivity index (χ1) is 31.4. The van der Waals surface area contributed by atoms with Crippen molar-refractivity contribution >= 4 is 75.3 Å². The second-order valence-electron chi connectivity index (χ2n) is 16.0. The van der Waals surface area contributed by atoms with Crippen molar-refractivity contribution in [3.8, 4) is 40.3 Å². The molecule has 0 fully saturated rings. The minimum Gasteiger partial charge on any atom is -0.309 e. The highest BCUT2D eigenvalue weighted by molar-refractivity contribution is 7.91. The molecule has 12 aromatic rings. The first kappa shape index (κ1) is 37.1. The largest absolute Gasteiger partial charge is 0.309 e. The predicted octanol–water partition coefficient (Wildman–Crippen LogP) is 13.2. The maximum absolute atomic E-state index is 14.1. The molecule has 0 aliphatic rings. The lowest BCUT2D eigenvalue weighted by Gasteiger charge is -2.18. The maximum atomic E-state index is 14.1. The van der Waals surface area contributed by atoms with Crippen LogP contribution >= 0.6 is 0 Å². The molecule has 0 radical (unpaired) electrons. The first-order valence-corrected chi connectivity index (χ1v) is 22.4. The van der Waals surface area contributed by atoms with Gasteiger partial charge in [-0.3, -0.25) is 0 Å². The average Bonchev–Trinajstić information content (AvgIpc) is 3.99. The molecule has 9 aromatic carbocycles. The van der Waals surface area contributed by atoms with Gasteiger partial charge in [0.2, 0.25) is 9.84 Å². The predicted molar refractivity (Wildman–Crippen MR) is 256 cm³/mol. The van der Waals surface area contributed by atoms with E-state index in [9.17, 15) is 18.9 Å². The summed E-state index contributed by atoms with van der Waals surface area (Å²) in [6.45, 7) is 0. The SMILES string of the molecule is N#Cc1cc(-n2c3ccccc3c3ccccc32)c(-n2c3ccccc3c3cc(-c4ccc(S(=O)(=O)c5ccc(-n6c7ccccc7c7ccccc76)cc5)cc4)ccc32)cc1C#N. The highest BCUT2D eigenvalue weighted by atomic mass is 32.2. The third-order valence-corrected chi connectivity index (χ3v) is 14.4. The van der Waals surface area contributed by atoms with E-state index in [0.717, 1.165) is 93.6 Å². The van der Waals surface area contributed by atoms with E-state index in [1.165, 1.54) is 0 Å². The van der Waals surface area contributed by atoms with Crippen molar-refractivity contribution in [1.29, 1.82) is 10.5 Å². The molecule has 0 saturated heterocycles. The zero-order valence-corrected chi connectivity index (χ0v) is 34.8. The zero-order chi connectivity index (χ0) is 43.1. The number of hydrogen-bond donors (Lipinski definition) is 0. The number of nitrogens with zero attached hydrogens (tertiary/aromatic N) is 5. The van der Waals surface area contributed by atoms with Gasteiger partial charge in [0, 0.05) is 38.0 Å². The van der Waals surface area contributed by atoms with Gasteiger partial charge in [0.05, 0.1) is 65.4 Å². The van der Waals surface area contributed by atoms with Gasteiger partial charge in [-0.15, -0.1) is 0 Å². The molecule has 0 aliphatic carbocycles. The van der Waals surface area contributed by atoms with Gasteiger partial charge < -0.3 is 13.7 Å². The smallest absolute Gasteiger partial charge is 0.206 e. The van der Waals surface area contributed by atoms with E-state index in [0.29, 0.717) is 11.1 Å². The number of nitriles is 2. The van der Waals surface area contributed by atoms with Crippen LogP contribution in [0.4, 0.5) is 0 Å². The summed E-state index contributed by atoms with van der Waals surface area (Å²) in [4.78, 5) is 0.437. The summed E-state index contributed by atoms with van der Waals surface area (Å²) in [5.74, 6) is 0. The normalized spacial score (nSPS) is 11.8. The molecule has 8 heteroatoms.